The van der Waals surface area contributed by atoms with Crippen LogP contribution in [0.3, 0.4) is 0 Å². The maximum atomic E-state index is 13.9. The maximum absolute atomic E-state index is 13.9. The number of ether oxygens (including phenoxy) is 2. The largest absolute Gasteiger partial charge is 0.490 e. The quantitative estimate of drug-likeness (QED) is 0.314. The van der Waals surface area contributed by atoms with Gasteiger partial charge in [-0.25, -0.2) is 4.21 Å². The lowest BCUT2D eigenvalue weighted by atomic mass is 9.63. The van der Waals surface area contributed by atoms with Crippen molar-refractivity contribution < 1.29 is 18.5 Å². The average molecular weight is 668 g/mol. The third kappa shape index (κ3) is 6.23. The number of nitrogens with zero attached hydrogens (tertiary/aromatic N) is 2. The molecule has 1 amide bonds. The summed E-state index contributed by atoms with van der Waals surface area (Å²) >= 11 is 6.47. The standard InChI is InChI=1S/C37H50ClN3O4S/c1-25-9-7-18-37(44-5,23-40(3)4)32-14-11-29(32)21-41-22-36(17-8-10-27-19-30(38)13-15-31(27)36)24-45-34-16-12-28(20-33(34)41)35(42)39-46(6,43)26(25)2/h7,12-13,15-16,18-20,25-26,29,32H,6,8-11,14,17,21-24H2,1-5H3,(H,39,42,43)/b18-7+/t25-,26+,29-,32+,36-,37+,46?/m0/s1. The summed E-state index contributed by atoms with van der Waals surface area (Å²) in [5.74, 6) is 5.18. The highest BCUT2D eigenvalue weighted by molar-refractivity contribution is 7.99. The molecule has 0 aromatic heterocycles. The topological polar surface area (TPSA) is 71.1 Å². The number of benzene rings is 2. The number of carbonyl (C=O) groups excluding carboxylic acids is 1. The van der Waals surface area contributed by atoms with E-state index in [0.29, 0.717) is 30.4 Å². The van der Waals surface area contributed by atoms with E-state index in [0.717, 1.165) is 68.2 Å². The normalized spacial score (nSPS) is 35.3. The molecule has 2 aliphatic heterocycles. The molecule has 1 N–H and O–H groups in total. The summed E-state index contributed by atoms with van der Waals surface area (Å²) in [7, 11) is 3.12. The van der Waals surface area contributed by atoms with E-state index < -0.39 is 15.3 Å². The van der Waals surface area contributed by atoms with Gasteiger partial charge < -0.3 is 19.3 Å². The molecule has 0 saturated heterocycles. The zero-order valence-corrected chi connectivity index (χ0v) is 29.6. The van der Waals surface area contributed by atoms with Gasteiger partial charge in [-0.15, -0.1) is 0 Å². The van der Waals surface area contributed by atoms with Crippen LogP contribution >= 0.6 is 11.6 Å². The van der Waals surface area contributed by atoms with E-state index in [1.165, 1.54) is 11.1 Å². The molecule has 2 aliphatic carbocycles. The molecule has 1 saturated carbocycles. The summed E-state index contributed by atoms with van der Waals surface area (Å²) in [6, 6.07) is 11.9. The summed E-state index contributed by atoms with van der Waals surface area (Å²) in [5, 5.41) is 0.443. The van der Waals surface area contributed by atoms with Crippen LogP contribution in [-0.2, 0) is 26.3 Å². The molecule has 2 aromatic carbocycles. The highest BCUT2D eigenvalue weighted by Crippen LogP contribution is 2.49. The average Bonchev–Trinajstić information content (AvgIpc) is 3.14. The Morgan fingerprint density at radius 1 is 1.20 bits per heavy atom. The van der Waals surface area contributed by atoms with Gasteiger partial charge in [-0.3, -0.25) is 9.52 Å². The second-order valence-corrected chi connectivity index (χ2v) is 17.4. The number of amides is 1. The van der Waals surface area contributed by atoms with Gasteiger partial charge in [-0.1, -0.05) is 36.7 Å². The second-order valence-electron chi connectivity index (χ2n) is 14.6. The highest BCUT2D eigenvalue weighted by atomic mass is 35.5. The zero-order chi connectivity index (χ0) is 32.9. The van der Waals surface area contributed by atoms with Gasteiger partial charge >= 0.3 is 0 Å². The molecule has 1 fully saturated rings. The number of rotatable bonds is 3. The van der Waals surface area contributed by atoms with Gasteiger partial charge in [0, 0.05) is 48.0 Å². The third-order valence-electron chi connectivity index (χ3n) is 11.3. The van der Waals surface area contributed by atoms with Crippen LogP contribution < -0.4 is 14.4 Å². The summed E-state index contributed by atoms with van der Waals surface area (Å²) in [4.78, 5) is 18.3. The van der Waals surface area contributed by atoms with Crippen molar-refractivity contribution in [2.45, 2.75) is 68.6 Å². The first-order chi connectivity index (χ1) is 21.9. The van der Waals surface area contributed by atoms with Crippen LogP contribution in [0.15, 0.2) is 48.6 Å². The molecule has 0 radical (unpaired) electrons. The molecule has 2 aromatic rings. The van der Waals surface area contributed by atoms with E-state index in [1.54, 1.807) is 6.07 Å². The van der Waals surface area contributed by atoms with E-state index in [1.807, 2.05) is 32.2 Å². The molecular weight excluding hydrogens is 618 g/mol. The van der Waals surface area contributed by atoms with Crippen molar-refractivity contribution >= 4 is 38.8 Å². The lowest BCUT2D eigenvalue weighted by Gasteiger charge is -2.51. The van der Waals surface area contributed by atoms with Crippen molar-refractivity contribution in [3.63, 3.8) is 0 Å². The predicted octanol–water partition coefficient (Wildman–Crippen LogP) is 6.13. The Labute approximate surface area is 280 Å². The second kappa shape index (κ2) is 12.8. The number of halogens is 1. The Kier molecular flexibility index (Phi) is 9.31. The number of fused-ring (bicyclic) bond motifs is 4. The Morgan fingerprint density at radius 3 is 2.72 bits per heavy atom. The van der Waals surface area contributed by atoms with Crippen LogP contribution in [0.1, 0.15) is 67.4 Å². The van der Waals surface area contributed by atoms with Crippen molar-refractivity contribution in [1.82, 2.24) is 9.62 Å². The number of hydrogen-bond acceptors (Lipinski definition) is 6. The first-order valence-electron chi connectivity index (χ1n) is 16.7. The number of aryl methyl sites for hydroxylation is 1. The molecule has 250 valence electrons. The fourth-order valence-corrected chi connectivity index (χ4v) is 10.1. The zero-order valence-electron chi connectivity index (χ0n) is 28.0. The van der Waals surface area contributed by atoms with Crippen molar-refractivity contribution in [2.75, 3.05) is 52.3 Å². The van der Waals surface area contributed by atoms with E-state index >= 15 is 0 Å². The minimum Gasteiger partial charge on any atom is -0.490 e. The van der Waals surface area contributed by atoms with Gasteiger partial charge in [0.05, 0.1) is 22.0 Å². The smallest absolute Gasteiger partial charge is 0.262 e. The van der Waals surface area contributed by atoms with Crippen LogP contribution in [-0.4, -0.2) is 79.2 Å². The minimum absolute atomic E-state index is 0.0425. The van der Waals surface area contributed by atoms with Crippen molar-refractivity contribution in [1.29, 1.82) is 0 Å². The number of carbonyl (C=O) groups is 1. The molecular formula is C37H50ClN3O4S. The molecule has 2 heterocycles. The first kappa shape index (κ1) is 33.4. The van der Waals surface area contributed by atoms with E-state index in [-0.39, 0.29) is 22.5 Å². The van der Waals surface area contributed by atoms with Gasteiger partial charge in [0.25, 0.3) is 5.91 Å². The SMILES string of the molecule is C=S1(=O)NC(=O)c2ccc3c(c2)N(C[C@@H]2CC[C@H]2[C@@](CN(C)C)(OC)/C=C/C[C@H](C)[C@H]1C)C[C@@]1(CCCc2cc(Cl)ccc21)CO3. The van der Waals surface area contributed by atoms with Crippen LogP contribution in [0.5, 0.6) is 5.75 Å². The number of hydrogen-bond donors (Lipinski definition) is 1. The number of methoxy groups -OCH3 is 1. The monoisotopic (exact) mass is 667 g/mol. The predicted molar refractivity (Wildman–Crippen MR) is 190 cm³/mol. The van der Waals surface area contributed by atoms with Gasteiger partial charge in [0.2, 0.25) is 0 Å². The Hall–Kier alpha value is -2.52. The molecule has 4 aliphatic rings. The summed E-state index contributed by atoms with van der Waals surface area (Å²) in [6.45, 7) is 6.92. The number of allylic oxidation sites excluding steroid dienone is 1. The van der Waals surface area contributed by atoms with Gasteiger partial charge in [0.1, 0.15) is 11.4 Å². The fraction of sp³-hybridized carbons (Fsp3) is 0.568. The summed E-state index contributed by atoms with van der Waals surface area (Å²) < 4.78 is 29.8. The van der Waals surface area contributed by atoms with Gasteiger partial charge in [-0.2, -0.15) is 0 Å². The van der Waals surface area contributed by atoms with E-state index in [9.17, 15) is 9.00 Å². The highest BCUT2D eigenvalue weighted by Gasteiger charge is 2.49. The van der Waals surface area contributed by atoms with Gasteiger partial charge in [0.15, 0.2) is 0 Å². The molecule has 6 rings (SSSR count). The maximum Gasteiger partial charge on any atom is 0.262 e. The lowest BCUT2D eigenvalue weighted by Crippen LogP contribution is -2.56. The molecule has 1 unspecified atom stereocenters. The lowest BCUT2D eigenvalue weighted by molar-refractivity contribution is -0.0861. The van der Waals surface area contributed by atoms with Crippen LogP contribution in [0.4, 0.5) is 5.69 Å². The number of likely N-dealkylation sites (N-methyl/N-ethyl adjacent to an activating group) is 1. The van der Waals surface area contributed by atoms with E-state index in [4.69, 9.17) is 21.1 Å². The first-order valence-corrected chi connectivity index (χ1v) is 18.9. The van der Waals surface area contributed by atoms with Crippen molar-refractivity contribution in [3.05, 3.63) is 70.3 Å². The molecule has 7 nitrogen and oxygen atoms in total. The Morgan fingerprint density at radius 2 is 2.00 bits per heavy atom. The summed E-state index contributed by atoms with van der Waals surface area (Å²) in [5.41, 5.74) is 3.32. The van der Waals surface area contributed by atoms with Crippen LogP contribution in [0.25, 0.3) is 0 Å². The van der Waals surface area contributed by atoms with Gasteiger partial charge in [-0.05, 0) is 125 Å². The van der Waals surface area contributed by atoms with Crippen LogP contribution in [0.2, 0.25) is 5.02 Å². The molecule has 2 bridgehead atoms. The minimum atomic E-state index is -2.93. The number of nitrogens with one attached hydrogen (secondary N) is 1. The molecule has 7 atom stereocenters. The molecule has 9 heteroatoms. The van der Waals surface area contributed by atoms with Crippen molar-refractivity contribution in [3.8, 4) is 5.75 Å². The third-order valence-corrected chi connectivity index (χ3v) is 13.7. The fourth-order valence-electron chi connectivity index (χ4n) is 8.40. The Balaban J connectivity index is 1.47. The Bertz CT molecular complexity index is 1610. The molecule has 1 spiro atoms. The molecule has 46 heavy (non-hydrogen) atoms. The number of anilines is 1. The van der Waals surface area contributed by atoms with Crippen LogP contribution in [0, 0.1) is 17.8 Å². The van der Waals surface area contributed by atoms with Crippen molar-refractivity contribution in [2.24, 2.45) is 17.8 Å². The van der Waals surface area contributed by atoms with E-state index in [2.05, 4.69) is 65.7 Å². The summed E-state index contributed by atoms with van der Waals surface area (Å²) in [6.07, 6.45) is 10.5.